The van der Waals surface area contributed by atoms with E-state index in [2.05, 4.69) is 10.3 Å². The number of hydrogen-bond acceptors (Lipinski definition) is 4. The van der Waals surface area contributed by atoms with Crippen LogP contribution in [0, 0.1) is 13.8 Å². The molecule has 0 aliphatic rings. The molecule has 25 heavy (non-hydrogen) atoms. The second-order valence-corrected chi connectivity index (χ2v) is 7.36. The molecule has 128 valence electrons. The number of sulfonamides is 1. The summed E-state index contributed by atoms with van der Waals surface area (Å²) in [6.45, 7) is 3.56. The van der Waals surface area contributed by atoms with Gasteiger partial charge in [-0.3, -0.25) is 4.79 Å². The van der Waals surface area contributed by atoms with Crippen LogP contribution in [0.25, 0.3) is 10.9 Å². The van der Waals surface area contributed by atoms with Gasteiger partial charge in [0.2, 0.25) is 10.0 Å². The van der Waals surface area contributed by atoms with E-state index >= 15 is 0 Å². The van der Waals surface area contributed by atoms with Gasteiger partial charge in [-0.1, -0.05) is 24.3 Å². The highest BCUT2D eigenvalue weighted by Gasteiger charge is 2.15. The van der Waals surface area contributed by atoms with Crippen LogP contribution in [0.4, 0.5) is 5.69 Å². The lowest BCUT2D eigenvalue weighted by molar-refractivity contribution is 0.102. The predicted molar refractivity (Wildman–Crippen MR) is 97.0 cm³/mol. The molecule has 0 aliphatic heterocycles. The standard InChI is InChI=1S/C18H17N3O3S/c1-11-9-14(25(19,23)24)10-17(12(11)2)21-18(22)16-8-7-13-5-3-4-6-15(13)20-16/h3-10H,1-2H3,(H,21,22)(H2,19,23,24). The van der Waals surface area contributed by atoms with Gasteiger partial charge in [0.25, 0.3) is 5.91 Å². The number of nitrogens with one attached hydrogen (secondary N) is 1. The molecule has 0 bridgehead atoms. The minimum Gasteiger partial charge on any atom is -0.320 e. The van der Waals surface area contributed by atoms with E-state index < -0.39 is 15.9 Å². The molecule has 0 saturated carbocycles. The maximum Gasteiger partial charge on any atom is 0.274 e. The molecule has 3 rings (SSSR count). The van der Waals surface area contributed by atoms with Crippen molar-refractivity contribution in [3.05, 3.63) is 65.4 Å². The summed E-state index contributed by atoms with van der Waals surface area (Å²) in [6, 6.07) is 13.8. The summed E-state index contributed by atoms with van der Waals surface area (Å²) in [5.41, 5.74) is 2.83. The zero-order valence-corrected chi connectivity index (χ0v) is 14.6. The van der Waals surface area contributed by atoms with Gasteiger partial charge in [0.15, 0.2) is 0 Å². The second-order valence-electron chi connectivity index (χ2n) is 5.80. The van der Waals surface area contributed by atoms with E-state index in [1.807, 2.05) is 30.3 Å². The molecule has 0 atom stereocenters. The third-order valence-electron chi connectivity index (χ3n) is 4.05. The number of carbonyl (C=O) groups is 1. The fourth-order valence-corrected chi connectivity index (χ4v) is 3.12. The van der Waals surface area contributed by atoms with Gasteiger partial charge >= 0.3 is 0 Å². The van der Waals surface area contributed by atoms with Crippen LogP contribution in [0.3, 0.4) is 0 Å². The number of hydrogen-bond donors (Lipinski definition) is 2. The fraction of sp³-hybridized carbons (Fsp3) is 0.111. The first kappa shape index (κ1) is 17.1. The SMILES string of the molecule is Cc1cc(S(N)(=O)=O)cc(NC(=O)c2ccc3ccccc3n2)c1C. The van der Waals surface area contributed by atoms with Crippen molar-refractivity contribution in [2.24, 2.45) is 5.14 Å². The number of aromatic nitrogens is 1. The molecule has 1 aromatic heterocycles. The summed E-state index contributed by atoms with van der Waals surface area (Å²) in [5.74, 6) is -0.417. The van der Waals surface area contributed by atoms with Crippen molar-refractivity contribution in [2.75, 3.05) is 5.32 Å². The Bertz CT molecular complexity index is 1090. The van der Waals surface area contributed by atoms with Crippen molar-refractivity contribution < 1.29 is 13.2 Å². The molecule has 0 unspecified atom stereocenters. The number of nitrogens with zero attached hydrogens (tertiary/aromatic N) is 1. The van der Waals surface area contributed by atoms with Crippen molar-refractivity contribution in [2.45, 2.75) is 18.7 Å². The Labute approximate surface area is 145 Å². The molecule has 3 N–H and O–H groups in total. The molecule has 2 aromatic carbocycles. The second kappa shape index (κ2) is 6.27. The summed E-state index contributed by atoms with van der Waals surface area (Å²) < 4.78 is 23.2. The highest BCUT2D eigenvalue weighted by atomic mass is 32.2. The van der Waals surface area contributed by atoms with Gasteiger partial charge < -0.3 is 5.32 Å². The average molecular weight is 355 g/mol. The van der Waals surface area contributed by atoms with E-state index in [0.717, 1.165) is 10.9 Å². The highest BCUT2D eigenvalue weighted by molar-refractivity contribution is 7.89. The molecular weight excluding hydrogens is 338 g/mol. The summed E-state index contributed by atoms with van der Waals surface area (Å²) in [7, 11) is -3.86. The molecular formula is C18H17N3O3S. The van der Waals surface area contributed by atoms with Gasteiger partial charge in [0.05, 0.1) is 10.4 Å². The molecule has 0 spiro atoms. The minimum atomic E-state index is -3.86. The molecule has 0 aliphatic carbocycles. The van der Waals surface area contributed by atoms with Crippen LogP contribution in [-0.4, -0.2) is 19.3 Å². The van der Waals surface area contributed by atoms with Crippen molar-refractivity contribution in [3.8, 4) is 0 Å². The summed E-state index contributed by atoms with van der Waals surface area (Å²) in [6.07, 6.45) is 0. The largest absolute Gasteiger partial charge is 0.320 e. The van der Waals surface area contributed by atoms with Gasteiger partial charge in [-0.15, -0.1) is 0 Å². The molecule has 7 heteroatoms. The zero-order valence-electron chi connectivity index (χ0n) is 13.8. The van der Waals surface area contributed by atoms with E-state index in [1.54, 1.807) is 19.9 Å². The first-order valence-corrected chi connectivity index (χ1v) is 9.11. The minimum absolute atomic E-state index is 0.0441. The van der Waals surface area contributed by atoms with Crippen LogP contribution in [0.15, 0.2) is 53.4 Å². The van der Waals surface area contributed by atoms with E-state index in [-0.39, 0.29) is 10.6 Å². The van der Waals surface area contributed by atoms with Gasteiger partial charge in [0, 0.05) is 11.1 Å². The molecule has 3 aromatic rings. The fourth-order valence-electron chi connectivity index (χ4n) is 2.50. The van der Waals surface area contributed by atoms with Crippen molar-refractivity contribution >= 4 is 32.5 Å². The third kappa shape index (κ3) is 3.52. The summed E-state index contributed by atoms with van der Waals surface area (Å²) in [5, 5.41) is 8.85. The number of aryl methyl sites for hydroxylation is 1. The lowest BCUT2D eigenvalue weighted by Gasteiger charge is -2.12. The normalized spacial score (nSPS) is 11.5. The van der Waals surface area contributed by atoms with Gasteiger partial charge in [-0.05, 0) is 49.2 Å². The molecule has 0 fully saturated rings. The Hall–Kier alpha value is -2.77. The van der Waals surface area contributed by atoms with E-state index in [4.69, 9.17) is 5.14 Å². The topological polar surface area (TPSA) is 102 Å². The number of para-hydroxylation sites is 1. The number of pyridine rings is 1. The lowest BCUT2D eigenvalue weighted by atomic mass is 10.1. The maximum atomic E-state index is 12.5. The van der Waals surface area contributed by atoms with Crippen LogP contribution in [-0.2, 0) is 10.0 Å². The van der Waals surface area contributed by atoms with Crippen LogP contribution < -0.4 is 10.5 Å². The summed E-state index contributed by atoms with van der Waals surface area (Å²) >= 11 is 0. The Morgan fingerprint density at radius 3 is 2.52 bits per heavy atom. The Balaban J connectivity index is 1.98. The number of carbonyl (C=O) groups excluding carboxylic acids is 1. The van der Waals surface area contributed by atoms with Gasteiger partial charge in [-0.25, -0.2) is 18.5 Å². The van der Waals surface area contributed by atoms with Crippen molar-refractivity contribution in [3.63, 3.8) is 0 Å². The van der Waals surface area contributed by atoms with Crippen LogP contribution in [0.5, 0.6) is 0 Å². The number of amides is 1. The number of benzene rings is 2. The smallest absolute Gasteiger partial charge is 0.274 e. The van der Waals surface area contributed by atoms with Gasteiger partial charge in [-0.2, -0.15) is 0 Å². The Morgan fingerprint density at radius 1 is 1.08 bits per heavy atom. The van der Waals surface area contributed by atoms with Crippen molar-refractivity contribution in [1.29, 1.82) is 0 Å². The highest BCUT2D eigenvalue weighted by Crippen LogP contribution is 2.24. The number of primary sulfonamides is 1. The van der Waals surface area contributed by atoms with E-state index in [0.29, 0.717) is 16.8 Å². The van der Waals surface area contributed by atoms with Gasteiger partial charge in [0.1, 0.15) is 5.69 Å². The average Bonchev–Trinajstić information content (AvgIpc) is 2.57. The van der Waals surface area contributed by atoms with E-state index in [9.17, 15) is 13.2 Å². The quantitative estimate of drug-likeness (QED) is 0.754. The van der Waals surface area contributed by atoms with E-state index in [1.165, 1.54) is 12.1 Å². The monoisotopic (exact) mass is 355 g/mol. The molecule has 6 nitrogen and oxygen atoms in total. The molecule has 0 saturated heterocycles. The first-order chi connectivity index (χ1) is 11.8. The Kier molecular flexibility index (Phi) is 4.28. The Morgan fingerprint density at radius 2 is 1.80 bits per heavy atom. The third-order valence-corrected chi connectivity index (χ3v) is 4.94. The zero-order chi connectivity index (χ0) is 18.2. The lowest BCUT2D eigenvalue weighted by Crippen LogP contribution is -2.17. The van der Waals surface area contributed by atoms with Crippen LogP contribution >= 0.6 is 0 Å². The number of fused-ring (bicyclic) bond motifs is 1. The maximum absolute atomic E-state index is 12.5. The molecule has 1 heterocycles. The predicted octanol–water partition coefficient (Wildman–Crippen LogP) is 2.75. The number of anilines is 1. The van der Waals surface area contributed by atoms with Crippen LogP contribution in [0.1, 0.15) is 21.6 Å². The first-order valence-electron chi connectivity index (χ1n) is 7.57. The van der Waals surface area contributed by atoms with Crippen LogP contribution in [0.2, 0.25) is 0 Å². The number of rotatable bonds is 3. The molecule has 1 amide bonds. The number of nitrogens with two attached hydrogens (primary N) is 1. The molecule has 0 radical (unpaired) electrons. The van der Waals surface area contributed by atoms with Crippen molar-refractivity contribution in [1.82, 2.24) is 4.98 Å². The summed E-state index contributed by atoms with van der Waals surface area (Å²) in [4.78, 5) is 16.8.